The summed E-state index contributed by atoms with van der Waals surface area (Å²) in [6.45, 7) is 4.32. The summed E-state index contributed by atoms with van der Waals surface area (Å²) in [5.74, 6) is 0.315. The lowest BCUT2D eigenvalue weighted by atomic mass is 9.92. The number of phenols is 1. The van der Waals surface area contributed by atoms with E-state index in [9.17, 15) is 5.11 Å². The first kappa shape index (κ1) is 12.2. The SMILES string of the molecule is Cc1ccc(C)c2c1ccc1ccc3cc(O)ccc3c12. The number of aryl methyl sites for hydroxylation is 2. The Morgan fingerprint density at radius 3 is 2.14 bits per heavy atom. The first-order valence-electron chi connectivity index (χ1n) is 7.19. The van der Waals surface area contributed by atoms with Crippen molar-refractivity contribution in [2.45, 2.75) is 13.8 Å². The molecule has 0 aliphatic heterocycles. The second kappa shape index (κ2) is 4.23. The Kier molecular flexibility index (Phi) is 2.46. The monoisotopic (exact) mass is 272 g/mol. The number of phenolic OH excluding ortho intramolecular Hbond substituents is 1. The van der Waals surface area contributed by atoms with E-state index in [1.807, 2.05) is 12.1 Å². The topological polar surface area (TPSA) is 20.2 Å². The van der Waals surface area contributed by atoms with Crippen LogP contribution >= 0.6 is 0 Å². The molecule has 1 nitrogen and oxygen atoms in total. The molecule has 0 aliphatic carbocycles. The molecule has 0 heterocycles. The van der Waals surface area contributed by atoms with Gasteiger partial charge in [-0.25, -0.2) is 0 Å². The summed E-state index contributed by atoms with van der Waals surface area (Å²) in [5.41, 5.74) is 2.59. The van der Waals surface area contributed by atoms with Crippen LogP contribution in [0.5, 0.6) is 5.75 Å². The zero-order valence-corrected chi connectivity index (χ0v) is 12.1. The van der Waals surface area contributed by atoms with E-state index >= 15 is 0 Å². The summed E-state index contributed by atoms with van der Waals surface area (Å²) < 4.78 is 0. The van der Waals surface area contributed by atoms with Gasteiger partial charge in [-0.1, -0.05) is 42.5 Å². The Morgan fingerprint density at radius 2 is 1.29 bits per heavy atom. The van der Waals surface area contributed by atoms with E-state index in [1.165, 1.54) is 38.1 Å². The minimum atomic E-state index is 0.315. The molecule has 1 N–H and O–H groups in total. The molecule has 0 aromatic heterocycles. The molecule has 0 spiro atoms. The summed E-state index contributed by atoms with van der Waals surface area (Å²) in [7, 11) is 0. The summed E-state index contributed by atoms with van der Waals surface area (Å²) in [6, 6.07) is 18.6. The van der Waals surface area contributed by atoms with Gasteiger partial charge in [0.2, 0.25) is 0 Å². The highest BCUT2D eigenvalue weighted by Crippen LogP contribution is 2.36. The predicted octanol–water partition coefficient (Wildman–Crippen LogP) is 5.47. The molecule has 0 amide bonds. The Morgan fingerprint density at radius 1 is 0.619 bits per heavy atom. The van der Waals surface area contributed by atoms with Crippen LogP contribution in [0.25, 0.3) is 32.3 Å². The number of fused-ring (bicyclic) bond motifs is 5. The first-order valence-corrected chi connectivity index (χ1v) is 7.19. The fourth-order valence-corrected chi connectivity index (χ4v) is 3.30. The lowest BCUT2D eigenvalue weighted by Gasteiger charge is -2.12. The van der Waals surface area contributed by atoms with Crippen LogP contribution in [-0.4, -0.2) is 5.11 Å². The molecular weight excluding hydrogens is 256 g/mol. The maximum Gasteiger partial charge on any atom is 0.116 e. The van der Waals surface area contributed by atoms with Crippen LogP contribution in [0, 0.1) is 13.8 Å². The number of hydrogen-bond acceptors (Lipinski definition) is 1. The van der Waals surface area contributed by atoms with Crippen molar-refractivity contribution in [1.29, 1.82) is 0 Å². The van der Waals surface area contributed by atoms with E-state index in [0.29, 0.717) is 5.75 Å². The molecule has 0 saturated heterocycles. The molecule has 0 saturated carbocycles. The average Bonchev–Trinajstić information content (AvgIpc) is 2.49. The maximum absolute atomic E-state index is 9.71. The van der Waals surface area contributed by atoms with Crippen molar-refractivity contribution in [2.75, 3.05) is 0 Å². The molecule has 0 atom stereocenters. The normalized spacial score (nSPS) is 11.5. The lowest BCUT2D eigenvalue weighted by Crippen LogP contribution is -1.86. The number of rotatable bonds is 0. The van der Waals surface area contributed by atoms with Gasteiger partial charge in [0, 0.05) is 0 Å². The van der Waals surface area contributed by atoms with Crippen LogP contribution in [0.15, 0.2) is 54.6 Å². The van der Waals surface area contributed by atoms with Crippen LogP contribution in [0.1, 0.15) is 11.1 Å². The van der Waals surface area contributed by atoms with Gasteiger partial charge in [0.1, 0.15) is 5.75 Å². The van der Waals surface area contributed by atoms with Gasteiger partial charge in [0.15, 0.2) is 0 Å². The number of aromatic hydroxyl groups is 1. The second-order valence-corrected chi connectivity index (χ2v) is 5.76. The van der Waals surface area contributed by atoms with Gasteiger partial charge < -0.3 is 5.11 Å². The summed E-state index contributed by atoms with van der Waals surface area (Å²) in [6.07, 6.45) is 0. The van der Waals surface area contributed by atoms with Crippen molar-refractivity contribution < 1.29 is 5.11 Å². The van der Waals surface area contributed by atoms with Crippen LogP contribution < -0.4 is 0 Å². The molecule has 1 heteroatoms. The Bertz CT molecular complexity index is 1010. The van der Waals surface area contributed by atoms with Crippen molar-refractivity contribution in [1.82, 2.24) is 0 Å². The summed E-state index contributed by atoms with van der Waals surface area (Å²) in [4.78, 5) is 0. The first-order chi connectivity index (χ1) is 10.1. The molecule has 4 aromatic carbocycles. The van der Waals surface area contributed by atoms with Gasteiger partial charge in [-0.2, -0.15) is 0 Å². The summed E-state index contributed by atoms with van der Waals surface area (Å²) >= 11 is 0. The maximum atomic E-state index is 9.71. The van der Waals surface area contributed by atoms with Crippen LogP contribution in [0.4, 0.5) is 0 Å². The Labute approximate surface area is 123 Å². The molecule has 0 unspecified atom stereocenters. The van der Waals surface area contributed by atoms with Crippen molar-refractivity contribution in [2.24, 2.45) is 0 Å². The quantitative estimate of drug-likeness (QED) is 0.421. The van der Waals surface area contributed by atoms with Gasteiger partial charge in [0.25, 0.3) is 0 Å². The molecule has 0 radical (unpaired) electrons. The van der Waals surface area contributed by atoms with Crippen molar-refractivity contribution in [3.8, 4) is 5.75 Å². The molecule has 4 aromatic rings. The fourth-order valence-electron chi connectivity index (χ4n) is 3.30. The van der Waals surface area contributed by atoms with E-state index in [4.69, 9.17) is 0 Å². The Balaban J connectivity index is 2.36. The summed E-state index contributed by atoms with van der Waals surface area (Å²) in [5, 5.41) is 17.2. The van der Waals surface area contributed by atoms with E-state index in [2.05, 4.69) is 50.2 Å². The van der Waals surface area contributed by atoms with E-state index in [1.54, 1.807) is 6.07 Å². The van der Waals surface area contributed by atoms with Crippen molar-refractivity contribution in [3.05, 3.63) is 65.7 Å². The van der Waals surface area contributed by atoms with Crippen LogP contribution in [0.2, 0.25) is 0 Å². The van der Waals surface area contributed by atoms with Gasteiger partial charge in [0.05, 0.1) is 0 Å². The van der Waals surface area contributed by atoms with Crippen molar-refractivity contribution in [3.63, 3.8) is 0 Å². The second-order valence-electron chi connectivity index (χ2n) is 5.76. The molecule has 0 bridgehead atoms. The highest BCUT2D eigenvalue weighted by Gasteiger charge is 2.09. The van der Waals surface area contributed by atoms with Gasteiger partial charge in [-0.3, -0.25) is 0 Å². The molecular formula is C20H16O. The average molecular weight is 272 g/mol. The molecule has 0 fully saturated rings. The van der Waals surface area contributed by atoms with E-state index in [-0.39, 0.29) is 0 Å². The van der Waals surface area contributed by atoms with E-state index in [0.717, 1.165) is 5.39 Å². The van der Waals surface area contributed by atoms with Crippen LogP contribution in [-0.2, 0) is 0 Å². The predicted molar refractivity (Wildman–Crippen MR) is 90.1 cm³/mol. The van der Waals surface area contributed by atoms with Gasteiger partial charge in [-0.05, 0) is 69.4 Å². The fraction of sp³-hybridized carbons (Fsp3) is 0.100. The lowest BCUT2D eigenvalue weighted by molar-refractivity contribution is 0.476. The van der Waals surface area contributed by atoms with Gasteiger partial charge in [-0.15, -0.1) is 0 Å². The zero-order chi connectivity index (χ0) is 14.6. The number of hydrogen-bond donors (Lipinski definition) is 1. The highest BCUT2D eigenvalue weighted by molar-refractivity contribution is 6.21. The number of benzene rings is 4. The molecule has 4 rings (SSSR count). The zero-order valence-electron chi connectivity index (χ0n) is 12.1. The smallest absolute Gasteiger partial charge is 0.116 e. The van der Waals surface area contributed by atoms with Crippen molar-refractivity contribution >= 4 is 32.3 Å². The highest BCUT2D eigenvalue weighted by atomic mass is 16.3. The minimum absolute atomic E-state index is 0.315. The van der Waals surface area contributed by atoms with E-state index < -0.39 is 0 Å². The molecule has 102 valence electrons. The Hall–Kier alpha value is -2.54. The molecule has 21 heavy (non-hydrogen) atoms. The van der Waals surface area contributed by atoms with Crippen LogP contribution in [0.3, 0.4) is 0 Å². The third-order valence-electron chi connectivity index (χ3n) is 4.39. The largest absolute Gasteiger partial charge is 0.508 e. The minimum Gasteiger partial charge on any atom is -0.508 e. The third-order valence-corrected chi connectivity index (χ3v) is 4.39. The molecule has 0 aliphatic rings. The standard InChI is InChI=1S/C20H16O/c1-12-3-4-13(2)19-17(12)9-7-14-5-6-15-11-16(21)8-10-18(15)20(14)19/h3-11,21H,1-2H3. The van der Waals surface area contributed by atoms with Gasteiger partial charge >= 0.3 is 0 Å². The third kappa shape index (κ3) is 1.71.